The zero-order valence-corrected chi connectivity index (χ0v) is 9.59. The van der Waals surface area contributed by atoms with Gasteiger partial charge in [-0.15, -0.1) is 0 Å². The summed E-state index contributed by atoms with van der Waals surface area (Å²) in [5.74, 6) is 1.39. The van der Waals surface area contributed by atoms with Crippen molar-refractivity contribution in [3.63, 3.8) is 0 Å². The van der Waals surface area contributed by atoms with Gasteiger partial charge in [0.1, 0.15) is 10.4 Å². The Bertz CT molecular complexity index is 346. The number of nitrogens with zero attached hydrogens (tertiary/aromatic N) is 3. The molecule has 1 heterocycles. The van der Waals surface area contributed by atoms with E-state index >= 15 is 0 Å². The number of nitriles is 1. The molecule has 4 heteroatoms. The van der Waals surface area contributed by atoms with Gasteiger partial charge in [-0.05, 0) is 15.9 Å². The number of aromatic nitrogens is 2. The summed E-state index contributed by atoms with van der Waals surface area (Å²) >= 11 is 3.42. The molecule has 0 saturated heterocycles. The molecule has 0 amide bonds. The molecule has 70 valence electrons. The lowest BCUT2D eigenvalue weighted by molar-refractivity contribution is 0.704. The van der Waals surface area contributed by atoms with Crippen LogP contribution in [0.25, 0.3) is 0 Å². The highest BCUT2D eigenvalue weighted by molar-refractivity contribution is 9.10. The molecule has 0 radical (unpaired) electrons. The molecule has 0 bridgehead atoms. The van der Waals surface area contributed by atoms with Crippen molar-refractivity contribution < 1.29 is 0 Å². The molecule has 1 aromatic heterocycles. The molecule has 0 atom stereocenters. The van der Waals surface area contributed by atoms with Crippen LogP contribution >= 0.6 is 15.9 Å². The van der Waals surface area contributed by atoms with Gasteiger partial charge in [-0.1, -0.05) is 13.8 Å². The van der Waals surface area contributed by atoms with Crippen LogP contribution in [0.4, 0.5) is 0 Å². The average Bonchev–Trinajstić information content (AvgIpc) is 2.33. The quantitative estimate of drug-likeness (QED) is 0.798. The molecular weight excluding hydrogens is 230 g/mol. The molecule has 1 aromatic rings. The Labute approximate surface area is 86.5 Å². The van der Waals surface area contributed by atoms with Gasteiger partial charge in [0.15, 0.2) is 0 Å². The van der Waals surface area contributed by atoms with Crippen molar-refractivity contribution in [3.05, 3.63) is 16.1 Å². The van der Waals surface area contributed by atoms with Crippen molar-refractivity contribution in [3.8, 4) is 6.07 Å². The van der Waals surface area contributed by atoms with Crippen LogP contribution < -0.4 is 0 Å². The molecule has 0 saturated carbocycles. The summed E-state index contributed by atoms with van der Waals surface area (Å²) in [6.45, 7) is 4.18. The van der Waals surface area contributed by atoms with Crippen molar-refractivity contribution in [2.24, 2.45) is 7.05 Å². The van der Waals surface area contributed by atoms with Crippen molar-refractivity contribution in [2.75, 3.05) is 0 Å². The lowest BCUT2D eigenvalue weighted by Gasteiger charge is -2.04. The lowest BCUT2D eigenvalue weighted by atomic mass is 10.2. The minimum absolute atomic E-state index is 0.362. The Morgan fingerprint density at radius 1 is 1.62 bits per heavy atom. The molecule has 13 heavy (non-hydrogen) atoms. The van der Waals surface area contributed by atoms with Crippen molar-refractivity contribution in [1.82, 2.24) is 9.55 Å². The molecule has 0 aliphatic carbocycles. The molecular formula is C9H12BrN3. The van der Waals surface area contributed by atoms with E-state index in [4.69, 9.17) is 5.26 Å². The normalized spacial score (nSPS) is 10.5. The van der Waals surface area contributed by atoms with E-state index in [-0.39, 0.29) is 0 Å². The number of halogens is 1. The third kappa shape index (κ3) is 1.92. The van der Waals surface area contributed by atoms with Gasteiger partial charge in [0.25, 0.3) is 0 Å². The summed E-state index contributed by atoms with van der Waals surface area (Å²) < 4.78 is 2.90. The zero-order chi connectivity index (χ0) is 10.0. The van der Waals surface area contributed by atoms with Crippen LogP contribution in [0.1, 0.15) is 31.3 Å². The van der Waals surface area contributed by atoms with Gasteiger partial charge in [-0.3, -0.25) is 0 Å². The second-order valence-electron chi connectivity index (χ2n) is 3.26. The summed E-state index contributed by atoms with van der Waals surface area (Å²) in [6.07, 6.45) is 0.362. The molecule has 0 unspecified atom stereocenters. The minimum atomic E-state index is 0.362. The van der Waals surface area contributed by atoms with Crippen molar-refractivity contribution in [2.45, 2.75) is 26.2 Å². The van der Waals surface area contributed by atoms with E-state index in [9.17, 15) is 0 Å². The first-order valence-corrected chi connectivity index (χ1v) is 4.95. The van der Waals surface area contributed by atoms with E-state index < -0.39 is 0 Å². The largest absolute Gasteiger partial charge is 0.325 e. The third-order valence-electron chi connectivity index (χ3n) is 1.89. The standard InChI is InChI=1S/C9H12BrN3/c1-6(2)9-12-7(4-5-11)8(10)13(9)3/h6H,4H2,1-3H3. The number of hydrogen-bond donors (Lipinski definition) is 0. The molecule has 0 aliphatic heterocycles. The van der Waals surface area contributed by atoms with E-state index in [1.807, 2.05) is 11.6 Å². The number of rotatable bonds is 2. The Hall–Kier alpha value is -0.820. The predicted molar refractivity (Wildman–Crippen MR) is 54.3 cm³/mol. The third-order valence-corrected chi connectivity index (χ3v) is 2.88. The van der Waals surface area contributed by atoms with Crippen LogP contribution in [0.2, 0.25) is 0 Å². The first-order valence-electron chi connectivity index (χ1n) is 4.15. The van der Waals surface area contributed by atoms with Gasteiger partial charge in [-0.25, -0.2) is 4.98 Å². The fourth-order valence-electron chi connectivity index (χ4n) is 1.26. The SMILES string of the molecule is CC(C)c1nc(CC#N)c(Br)n1C. The van der Waals surface area contributed by atoms with E-state index in [1.165, 1.54) is 0 Å². The monoisotopic (exact) mass is 241 g/mol. The second kappa shape index (κ2) is 3.93. The van der Waals surface area contributed by atoms with E-state index in [0.717, 1.165) is 16.1 Å². The fourth-order valence-corrected chi connectivity index (χ4v) is 1.67. The molecule has 0 aliphatic rings. The smallest absolute Gasteiger partial charge is 0.112 e. The highest BCUT2D eigenvalue weighted by Gasteiger charge is 2.13. The summed E-state index contributed by atoms with van der Waals surface area (Å²) in [6, 6.07) is 2.10. The van der Waals surface area contributed by atoms with Crippen LogP contribution in [0.3, 0.4) is 0 Å². The Morgan fingerprint density at radius 2 is 2.23 bits per heavy atom. The number of hydrogen-bond acceptors (Lipinski definition) is 2. The van der Waals surface area contributed by atoms with Crippen LogP contribution in [0.15, 0.2) is 4.60 Å². The topological polar surface area (TPSA) is 41.6 Å². The molecule has 0 spiro atoms. The Balaban J connectivity index is 3.14. The van der Waals surface area contributed by atoms with Gasteiger partial charge >= 0.3 is 0 Å². The summed E-state index contributed by atoms with van der Waals surface area (Å²) in [5, 5.41) is 8.56. The van der Waals surface area contributed by atoms with E-state index in [2.05, 4.69) is 40.8 Å². The maximum atomic E-state index is 8.56. The molecule has 3 nitrogen and oxygen atoms in total. The highest BCUT2D eigenvalue weighted by Crippen LogP contribution is 2.22. The Kier molecular flexibility index (Phi) is 3.10. The molecule has 1 rings (SSSR count). The molecule has 0 fully saturated rings. The van der Waals surface area contributed by atoms with Crippen LogP contribution in [0, 0.1) is 11.3 Å². The summed E-state index contributed by atoms with van der Waals surface area (Å²) in [4.78, 5) is 4.39. The molecule has 0 N–H and O–H groups in total. The maximum Gasteiger partial charge on any atom is 0.112 e. The second-order valence-corrected chi connectivity index (χ2v) is 4.01. The van der Waals surface area contributed by atoms with E-state index in [0.29, 0.717) is 12.3 Å². The summed E-state index contributed by atoms with van der Waals surface area (Å²) in [7, 11) is 1.95. The predicted octanol–water partition coefficient (Wildman–Crippen LogP) is 2.37. The maximum absolute atomic E-state index is 8.56. The first-order chi connectivity index (χ1) is 6.07. The Morgan fingerprint density at radius 3 is 2.62 bits per heavy atom. The average molecular weight is 242 g/mol. The number of imidazole rings is 1. The van der Waals surface area contributed by atoms with Crippen LogP contribution in [-0.2, 0) is 13.5 Å². The summed E-state index contributed by atoms with van der Waals surface area (Å²) in [5.41, 5.74) is 0.828. The van der Waals surface area contributed by atoms with Crippen molar-refractivity contribution >= 4 is 15.9 Å². The van der Waals surface area contributed by atoms with E-state index in [1.54, 1.807) is 0 Å². The van der Waals surface area contributed by atoms with Crippen LogP contribution in [-0.4, -0.2) is 9.55 Å². The first kappa shape index (κ1) is 10.3. The molecule has 0 aromatic carbocycles. The van der Waals surface area contributed by atoms with Gasteiger partial charge in [-0.2, -0.15) is 5.26 Å². The lowest BCUT2D eigenvalue weighted by Crippen LogP contribution is -1.99. The van der Waals surface area contributed by atoms with Gasteiger partial charge in [0.05, 0.1) is 18.2 Å². The highest BCUT2D eigenvalue weighted by atomic mass is 79.9. The van der Waals surface area contributed by atoms with Gasteiger partial charge < -0.3 is 4.57 Å². The van der Waals surface area contributed by atoms with Crippen LogP contribution in [0.5, 0.6) is 0 Å². The zero-order valence-electron chi connectivity index (χ0n) is 8.00. The fraction of sp³-hybridized carbons (Fsp3) is 0.556. The van der Waals surface area contributed by atoms with Gasteiger partial charge in [0, 0.05) is 13.0 Å². The van der Waals surface area contributed by atoms with Crippen molar-refractivity contribution in [1.29, 1.82) is 5.26 Å². The minimum Gasteiger partial charge on any atom is -0.325 e. The van der Waals surface area contributed by atoms with Gasteiger partial charge in [0.2, 0.25) is 0 Å².